The molecule has 6 heteroatoms. The van der Waals surface area contributed by atoms with Crippen LogP contribution in [0.25, 0.3) is 0 Å². The van der Waals surface area contributed by atoms with Crippen LogP contribution in [0.4, 0.5) is 11.4 Å². The summed E-state index contributed by atoms with van der Waals surface area (Å²) >= 11 is 3.39. The molecule has 0 aliphatic carbocycles. The Morgan fingerprint density at radius 3 is 2.94 bits per heavy atom. The molecular weight excluding hydrogens is 298 g/mol. The minimum Gasteiger partial charge on any atom is -0.343 e. The molecule has 1 aliphatic rings. The van der Waals surface area contributed by atoms with E-state index in [1.807, 2.05) is 0 Å². The predicted molar refractivity (Wildman–Crippen MR) is 75.2 cm³/mol. The number of non-ortho nitro benzene ring substituents is 1. The maximum atomic E-state index is 10.7. The molecule has 18 heavy (non-hydrogen) atoms. The van der Waals surface area contributed by atoms with Crippen LogP contribution in [0.1, 0.15) is 25.7 Å². The van der Waals surface area contributed by atoms with Crippen LogP contribution in [0.3, 0.4) is 0 Å². The molecule has 0 bridgehead atoms. The Morgan fingerprint density at radius 1 is 1.33 bits per heavy atom. The van der Waals surface area contributed by atoms with Crippen molar-refractivity contribution in [2.24, 2.45) is 4.99 Å². The Balaban J connectivity index is 2.19. The Labute approximate surface area is 114 Å². The fourth-order valence-electron chi connectivity index (χ4n) is 1.85. The minimum absolute atomic E-state index is 0.0786. The van der Waals surface area contributed by atoms with Crippen molar-refractivity contribution in [3.63, 3.8) is 0 Å². The minimum atomic E-state index is -0.396. The van der Waals surface area contributed by atoms with Crippen molar-refractivity contribution < 1.29 is 4.92 Å². The first-order valence-electron chi connectivity index (χ1n) is 5.91. The molecule has 96 valence electrons. The normalized spacial score (nSPS) is 15.7. The average Bonchev–Trinajstić information content (AvgIpc) is 2.60. The van der Waals surface area contributed by atoms with Gasteiger partial charge in [0.25, 0.3) is 5.69 Å². The van der Waals surface area contributed by atoms with Gasteiger partial charge in [-0.15, -0.1) is 0 Å². The van der Waals surface area contributed by atoms with Crippen molar-refractivity contribution >= 4 is 33.1 Å². The molecule has 1 aromatic rings. The van der Waals surface area contributed by atoms with E-state index in [1.165, 1.54) is 18.6 Å². The van der Waals surface area contributed by atoms with Gasteiger partial charge < -0.3 is 5.32 Å². The SMILES string of the molecule is O=[N+]([O-])c1ccc(Br)c(NC2=NCCCCC2)c1. The number of nitrogens with zero attached hydrogens (tertiary/aromatic N) is 2. The molecule has 1 aromatic carbocycles. The van der Waals surface area contributed by atoms with Gasteiger partial charge in [0.15, 0.2) is 0 Å². The van der Waals surface area contributed by atoms with Crippen molar-refractivity contribution in [3.8, 4) is 0 Å². The number of anilines is 1. The van der Waals surface area contributed by atoms with E-state index in [4.69, 9.17) is 0 Å². The largest absolute Gasteiger partial charge is 0.343 e. The number of nitrogens with one attached hydrogen (secondary N) is 1. The topological polar surface area (TPSA) is 67.5 Å². The van der Waals surface area contributed by atoms with Gasteiger partial charge in [-0.25, -0.2) is 0 Å². The first-order chi connectivity index (χ1) is 8.66. The summed E-state index contributed by atoms with van der Waals surface area (Å²) in [7, 11) is 0. The monoisotopic (exact) mass is 311 g/mol. The molecule has 0 saturated carbocycles. The number of nitro groups is 1. The number of amidine groups is 1. The van der Waals surface area contributed by atoms with E-state index >= 15 is 0 Å². The Kier molecular flexibility index (Phi) is 4.30. The van der Waals surface area contributed by atoms with Gasteiger partial charge in [-0.2, -0.15) is 0 Å². The third-order valence-electron chi connectivity index (χ3n) is 2.81. The number of aliphatic imine (C=N–C) groups is 1. The Morgan fingerprint density at radius 2 is 2.17 bits per heavy atom. The van der Waals surface area contributed by atoms with Crippen LogP contribution in [-0.4, -0.2) is 17.3 Å². The summed E-state index contributed by atoms with van der Waals surface area (Å²) in [5.41, 5.74) is 0.778. The highest BCUT2D eigenvalue weighted by Gasteiger charge is 2.11. The maximum Gasteiger partial charge on any atom is 0.271 e. The smallest absolute Gasteiger partial charge is 0.271 e. The van der Waals surface area contributed by atoms with Crippen LogP contribution in [0.5, 0.6) is 0 Å². The summed E-state index contributed by atoms with van der Waals surface area (Å²) in [4.78, 5) is 14.8. The van der Waals surface area contributed by atoms with Crippen LogP contribution >= 0.6 is 15.9 Å². The molecular formula is C12H14BrN3O2. The van der Waals surface area contributed by atoms with Crippen LogP contribution < -0.4 is 5.32 Å². The number of nitro benzene ring substituents is 1. The van der Waals surface area contributed by atoms with Crippen LogP contribution in [0, 0.1) is 10.1 Å². The van der Waals surface area contributed by atoms with E-state index in [1.54, 1.807) is 6.07 Å². The third kappa shape index (κ3) is 3.29. The molecule has 1 N–H and O–H groups in total. The second-order valence-electron chi connectivity index (χ2n) is 4.19. The van der Waals surface area contributed by atoms with Crippen molar-refractivity contribution in [1.82, 2.24) is 0 Å². The molecule has 1 heterocycles. The van der Waals surface area contributed by atoms with Gasteiger partial charge >= 0.3 is 0 Å². The number of halogens is 1. The van der Waals surface area contributed by atoms with Gasteiger partial charge in [0.1, 0.15) is 5.84 Å². The second-order valence-corrected chi connectivity index (χ2v) is 5.04. The van der Waals surface area contributed by atoms with Crippen molar-refractivity contribution in [2.45, 2.75) is 25.7 Å². The maximum absolute atomic E-state index is 10.7. The molecule has 0 atom stereocenters. The summed E-state index contributed by atoms with van der Waals surface area (Å²) in [6.07, 6.45) is 4.31. The molecule has 0 spiro atoms. The Bertz CT molecular complexity index is 488. The molecule has 0 fully saturated rings. The van der Waals surface area contributed by atoms with Crippen molar-refractivity contribution in [3.05, 3.63) is 32.8 Å². The van der Waals surface area contributed by atoms with E-state index < -0.39 is 4.92 Å². The molecule has 0 aromatic heterocycles. The van der Waals surface area contributed by atoms with E-state index in [-0.39, 0.29) is 5.69 Å². The molecule has 0 radical (unpaired) electrons. The highest BCUT2D eigenvalue weighted by Crippen LogP contribution is 2.27. The predicted octanol–water partition coefficient (Wildman–Crippen LogP) is 3.74. The van der Waals surface area contributed by atoms with Gasteiger partial charge in [-0.05, 0) is 34.8 Å². The number of hydrogen-bond acceptors (Lipinski definition) is 4. The van der Waals surface area contributed by atoms with E-state index in [9.17, 15) is 10.1 Å². The molecule has 0 saturated heterocycles. The van der Waals surface area contributed by atoms with Gasteiger partial charge in [-0.3, -0.25) is 15.1 Å². The quantitative estimate of drug-likeness (QED) is 0.668. The molecule has 5 nitrogen and oxygen atoms in total. The zero-order chi connectivity index (χ0) is 13.0. The second kappa shape index (κ2) is 5.95. The lowest BCUT2D eigenvalue weighted by atomic mass is 10.2. The zero-order valence-electron chi connectivity index (χ0n) is 9.86. The van der Waals surface area contributed by atoms with Crippen LogP contribution in [0.2, 0.25) is 0 Å². The number of hydrogen-bond donors (Lipinski definition) is 1. The summed E-state index contributed by atoms with van der Waals surface area (Å²) < 4.78 is 0.806. The highest BCUT2D eigenvalue weighted by atomic mass is 79.9. The summed E-state index contributed by atoms with van der Waals surface area (Å²) in [6.45, 7) is 0.828. The van der Waals surface area contributed by atoms with E-state index in [0.717, 1.165) is 36.1 Å². The third-order valence-corrected chi connectivity index (χ3v) is 3.51. The number of rotatable bonds is 2. The summed E-state index contributed by atoms with van der Waals surface area (Å²) in [6, 6.07) is 4.68. The first kappa shape index (κ1) is 13.0. The lowest BCUT2D eigenvalue weighted by molar-refractivity contribution is -0.384. The molecule has 1 aliphatic heterocycles. The van der Waals surface area contributed by atoms with Crippen LogP contribution in [-0.2, 0) is 0 Å². The van der Waals surface area contributed by atoms with Gasteiger partial charge in [0, 0.05) is 29.6 Å². The van der Waals surface area contributed by atoms with Crippen molar-refractivity contribution in [1.29, 1.82) is 0 Å². The summed E-state index contributed by atoms with van der Waals surface area (Å²) in [5, 5.41) is 13.9. The average molecular weight is 312 g/mol. The summed E-state index contributed by atoms with van der Waals surface area (Å²) in [5.74, 6) is 0.911. The van der Waals surface area contributed by atoms with Gasteiger partial charge in [0.05, 0.1) is 10.6 Å². The molecule has 0 amide bonds. The molecule has 0 unspecified atom stereocenters. The van der Waals surface area contributed by atoms with Crippen molar-refractivity contribution in [2.75, 3.05) is 11.9 Å². The lowest BCUT2D eigenvalue weighted by Gasteiger charge is -2.10. The molecule has 2 rings (SSSR count). The Hall–Kier alpha value is -1.43. The number of benzene rings is 1. The van der Waals surface area contributed by atoms with Gasteiger partial charge in [0.2, 0.25) is 0 Å². The first-order valence-corrected chi connectivity index (χ1v) is 6.70. The van der Waals surface area contributed by atoms with E-state index in [2.05, 4.69) is 26.2 Å². The van der Waals surface area contributed by atoms with E-state index in [0.29, 0.717) is 5.69 Å². The fraction of sp³-hybridized carbons (Fsp3) is 0.417. The standard InChI is InChI=1S/C12H14BrN3O2/c13-10-6-5-9(16(17)18)8-11(10)15-12-4-2-1-3-7-14-12/h5-6,8H,1-4,7H2,(H,14,15). The lowest BCUT2D eigenvalue weighted by Crippen LogP contribution is -2.12. The fourth-order valence-corrected chi connectivity index (χ4v) is 2.20. The zero-order valence-corrected chi connectivity index (χ0v) is 11.4. The highest BCUT2D eigenvalue weighted by molar-refractivity contribution is 9.10. The van der Waals surface area contributed by atoms with Crippen LogP contribution in [0.15, 0.2) is 27.7 Å². The van der Waals surface area contributed by atoms with Gasteiger partial charge in [-0.1, -0.05) is 6.42 Å².